The van der Waals surface area contributed by atoms with E-state index in [1.807, 2.05) is 12.3 Å². The van der Waals surface area contributed by atoms with Crippen LogP contribution in [0.15, 0.2) is 72.9 Å². The molecular formula is C27H32N4. The summed E-state index contributed by atoms with van der Waals surface area (Å²) in [7, 11) is 0. The number of fused-ring (bicyclic) bond motifs is 2. The van der Waals surface area contributed by atoms with E-state index in [0.717, 1.165) is 44.7 Å². The van der Waals surface area contributed by atoms with Gasteiger partial charge in [0.2, 0.25) is 0 Å². The molecular weight excluding hydrogens is 380 g/mol. The third-order valence-electron chi connectivity index (χ3n) is 6.91. The lowest BCUT2D eigenvalue weighted by atomic mass is 9.93. The Balaban J connectivity index is 1.33. The van der Waals surface area contributed by atoms with Crippen LogP contribution in [0.4, 0.5) is 0 Å². The molecule has 2 aromatic carbocycles. The van der Waals surface area contributed by atoms with Crippen LogP contribution in [-0.2, 0) is 25.9 Å². The lowest BCUT2D eigenvalue weighted by Crippen LogP contribution is -2.50. The smallest absolute Gasteiger partial charge is 0.0572 e. The van der Waals surface area contributed by atoms with Gasteiger partial charge >= 0.3 is 0 Å². The minimum absolute atomic E-state index is 0.277. The van der Waals surface area contributed by atoms with Crippen LogP contribution < -0.4 is 10.6 Å². The van der Waals surface area contributed by atoms with Crippen LogP contribution in [0, 0.1) is 0 Å². The van der Waals surface area contributed by atoms with E-state index in [0.29, 0.717) is 12.1 Å². The molecule has 3 heterocycles. The number of nitrogens with one attached hydrogen (secondary N) is 2. The van der Waals surface area contributed by atoms with E-state index in [-0.39, 0.29) is 6.04 Å². The van der Waals surface area contributed by atoms with Crippen LogP contribution in [0.1, 0.15) is 40.9 Å². The van der Waals surface area contributed by atoms with Crippen LogP contribution in [0.5, 0.6) is 0 Å². The molecule has 0 bridgehead atoms. The number of benzene rings is 2. The molecule has 3 atom stereocenters. The largest absolute Gasteiger partial charge is 0.308 e. The maximum Gasteiger partial charge on any atom is 0.0572 e. The first kappa shape index (κ1) is 20.4. The van der Waals surface area contributed by atoms with Gasteiger partial charge in [0, 0.05) is 50.5 Å². The van der Waals surface area contributed by atoms with Crippen molar-refractivity contribution in [3.8, 4) is 0 Å². The molecule has 3 aromatic rings. The monoisotopic (exact) mass is 412 g/mol. The van der Waals surface area contributed by atoms with Gasteiger partial charge in [0.1, 0.15) is 0 Å². The first-order chi connectivity index (χ1) is 15.3. The van der Waals surface area contributed by atoms with Crippen LogP contribution in [-0.4, -0.2) is 35.1 Å². The molecule has 4 nitrogen and oxygen atoms in total. The molecule has 2 aliphatic heterocycles. The third-order valence-corrected chi connectivity index (χ3v) is 6.91. The fourth-order valence-corrected chi connectivity index (χ4v) is 5.07. The highest BCUT2D eigenvalue weighted by atomic mass is 15.2. The summed E-state index contributed by atoms with van der Waals surface area (Å²) < 4.78 is 0. The van der Waals surface area contributed by atoms with Crippen LogP contribution in [0.25, 0.3) is 0 Å². The Morgan fingerprint density at radius 1 is 0.774 bits per heavy atom. The van der Waals surface area contributed by atoms with Gasteiger partial charge in [-0.15, -0.1) is 0 Å². The van der Waals surface area contributed by atoms with E-state index >= 15 is 0 Å². The number of hydrogen-bond donors (Lipinski definition) is 2. The fraction of sp³-hybridized carbons (Fsp3) is 0.370. The Kier molecular flexibility index (Phi) is 6.12. The van der Waals surface area contributed by atoms with Gasteiger partial charge in [-0.1, -0.05) is 54.6 Å². The quantitative estimate of drug-likeness (QED) is 0.645. The van der Waals surface area contributed by atoms with E-state index in [1.165, 1.54) is 22.3 Å². The van der Waals surface area contributed by atoms with E-state index in [1.54, 1.807) is 0 Å². The van der Waals surface area contributed by atoms with Crippen molar-refractivity contribution in [2.75, 3.05) is 13.1 Å². The lowest BCUT2D eigenvalue weighted by Gasteiger charge is -2.38. The summed E-state index contributed by atoms with van der Waals surface area (Å²) in [6.07, 6.45) is 4.08. The zero-order valence-electron chi connectivity index (χ0n) is 18.3. The number of aromatic nitrogens is 1. The number of pyridine rings is 1. The van der Waals surface area contributed by atoms with Crippen molar-refractivity contribution < 1.29 is 0 Å². The van der Waals surface area contributed by atoms with Crippen molar-refractivity contribution >= 4 is 0 Å². The molecule has 2 N–H and O–H groups in total. The van der Waals surface area contributed by atoms with Crippen LogP contribution >= 0.6 is 0 Å². The van der Waals surface area contributed by atoms with Crippen molar-refractivity contribution in [2.45, 2.75) is 51.0 Å². The normalized spacial score (nSPS) is 21.4. The summed E-state index contributed by atoms with van der Waals surface area (Å²) in [6, 6.07) is 25.1. The minimum atomic E-state index is 0.277. The highest BCUT2D eigenvalue weighted by Crippen LogP contribution is 2.24. The standard InChI is InChI=1S/C27H32N4/c1-20(27-12-6-7-13-28-27)31(18-25-14-21-8-2-4-10-23(21)16-29-25)19-26-15-22-9-3-5-11-24(22)17-30-26/h2-13,20,25-26,29-30H,14-19H2,1H3/t20?,25-,26-/m1/s1. The summed E-state index contributed by atoms with van der Waals surface area (Å²) in [5, 5.41) is 7.57. The van der Waals surface area contributed by atoms with Crippen molar-refractivity contribution in [3.63, 3.8) is 0 Å². The van der Waals surface area contributed by atoms with Gasteiger partial charge in [-0.3, -0.25) is 9.88 Å². The lowest BCUT2D eigenvalue weighted by molar-refractivity contribution is 0.159. The highest BCUT2D eigenvalue weighted by Gasteiger charge is 2.27. The molecule has 1 unspecified atom stereocenters. The van der Waals surface area contributed by atoms with Crippen molar-refractivity contribution in [1.82, 2.24) is 20.5 Å². The average Bonchev–Trinajstić information content (AvgIpc) is 2.83. The van der Waals surface area contributed by atoms with E-state index < -0.39 is 0 Å². The zero-order chi connectivity index (χ0) is 21.0. The van der Waals surface area contributed by atoms with Gasteiger partial charge in [-0.25, -0.2) is 0 Å². The Hall–Kier alpha value is -2.53. The topological polar surface area (TPSA) is 40.2 Å². The van der Waals surface area contributed by atoms with E-state index in [9.17, 15) is 0 Å². The molecule has 0 saturated carbocycles. The van der Waals surface area contributed by atoms with Gasteiger partial charge in [0.15, 0.2) is 0 Å². The van der Waals surface area contributed by atoms with Gasteiger partial charge in [-0.05, 0) is 54.2 Å². The number of hydrogen-bond acceptors (Lipinski definition) is 4. The molecule has 4 heteroatoms. The van der Waals surface area contributed by atoms with Crippen molar-refractivity contribution in [3.05, 3.63) is 101 Å². The average molecular weight is 413 g/mol. The van der Waals surface area contributed by atoms with Crippen LogP contribution in [0.2, 0.25) is 0 Å². The van der Waals surface area contributed by atoms with Gasteiger partial charge in [0.25, 0.3) is 0 Å². The van der Waals surface area contributed by atoms with Crippen molar-refractivity contribution in [2.24, 2.45) is 0 Å². The maximum atomic E-state index is 4.68. The van der Waals surface area contributed by atoms with Crippen molar-refractivity contribution in [1.29, 1.82) is 0 Å². The predicted molar refractivity (Wildman–Crippen MR) is 126 cm³/mol. The summed E-state index contributed by atoms with van der Waals surface area (Å²) in [6.45, 7) is 6.26. The van der Waals surface area contributed by atoms with Gasteiger partial charge in [0.05, 0.1) is 5.69 Å². The summed E-state index contributed by atoms with van der Waals surface area (Å²) in [5.74, 6) is 0. The van der Waals surface area contributed by atoms with Gasteiger partial charge in [-0.2, -0.15) is 0 Å². The van der Waals surface area contributed by atoms with E-state index in [4.69, 9.17) is 0 Å². The van der Waals surface area contributed by atoms with Crippen LogP contribution in [0.3, 0.4) is 0 Å². The maximum absolute atomic E-state index is 4.68. The Morgan fingerprint density at radius 2 is 1.29 bits per heavy atom. The molecule has 31 heavy (non-hydrogen) atoms. The minimum Gasteiger partial charge on any atom is -0.308 e. The molecule has 160 valence electrons. The Bertz CT molecular complexity index is 943. The highest BCUT2D eigenvalue weighted by molar-refractivity contribution is 5.31. The number of rotatable bonds is 6. The predicted octanol–water partition coefficient (Wildman–Crippen LogP) is 3.87. The second-order valence-corrected chi connectivity index (χ2v) is 8.99. The SMILES string of the molecule is CC(c1ccccn1)N(C[C@H]1Cc2ccccc2CN1)C[C@H]1Cc2ccccc2CN1. The number of nitrogens with zero attached hydrogens (tertiary/aromatic N) is 2. The summed E-state index contributed by atoms with van der Waals surface area (Å²) in [5.41, 5.74) is 7.00. The molecule has 1 aromatic heterocycles. The fourth-order valence-electron chi connectivity index (χ4n) is 5.07. The molecule has 2 aliphatic rings. The molecule has 0 radical (unpaired) electrons. The zero-order valence-corrected chi connectivity index (χ0v) is 18.3. The second kappa shape index (κ2) is 9.31. The summed E-state index contributed by atoms with van der Waals surface area (Å²) >= 11 is 0. The molecule has 0 aliphatic carbocycles. The Morgan fingerprint density at radius 3 is 1.81 bits per heavy atom. The van der Waals surface area contributed by atoms with Gasteiger partial charge < -0.3 is 10.6 Å². The molecule has 5 rings (SSSR count). The molecule has 0 saturated heterocycles. The molecule has 0 spiro atoms. The second-order valence-electron chi connectivity index (χ2n) is 8.99. The first-order valence-electron chi connectivity index (χ1n) is 11.5. The first-order valence-corrected chi connectivity index (χ1v) is 11.5. The molecule has 0 fully saturated rings. The van der Waals surface area contributed by atoms with E-state index in [2.05, 4.69) is 88.1 Å². The molecule has 0 amide bonds. The summed E-state index contributed by atoms with van der Waals surface area (Å²) in [4.78, 5) is 7.30. The Labute approximate surface area is 185 Å². The third kappa shape index (κ3) is 4.72.